The van der Waals surface area contributed by atoms with Crippen molar-refractivity contribution >= 4 is 0 Å². The van der Waals surface area contributed by atoms with E-state index in [4.69, 9.17) is 10.8 Å². The zero-order chi connectivity index (χ0) is 12.8. The highest BCUT2D eigenvalue weighted by molar-refractivity contribution is 5.28. The molecule has 0 heterocycles. The Balaban J connectivity index is 2.87. The third kappa shape index (κ3) is 3.83. The molecule has 0 aliphatic rings. The molecular formula is C15H25NO. The summed E-state index contributed by atoms with van der Waals surface area (Å²) in [6, 6.07) is 8.79. The topological polar surface area (TPSA) is 46.2 Å². The first-order chi connectivity index (χ1) is 8.10. The second-order valence-corrected chi connectivity index (χ2v) is 5.01. The standard InChI is InChI=1S/C15H25NO/c1-4-15(16)14(9-10-17)13-7-5-12(6-8-13)11(2)3/h5-8,11,14-15,17H,4,9-10,16H2,1-3H3. The molecule has 0 aromatic heterocycles. The second kappa shape index (κ2) is 6.77. The van der Waals surface area contributed by atoms with Crippen molar-refractivity contribution in [3.8, 4) is 0 Å². The van der Waals surface area contributed by atoms with E-state index in [0.717, 1.165) is 12.8 Å². The molecule has 0 aliphatic carbocycles. The molecule has 0 aliphatic heterocycles. The maximum atomic E-state index is 9.13. The van der Waals surface area contributed by atoms with Gasteiger partial charge in [-0.3, -0.25) is 0 Å². The first-order valence-corrected chi connectivity index (χ1v) is 6.56. The van der Waals surface area contributed by atoms with Crippen molar-refractivity contribution in [3.63, 3.8) is 0 Å². The molecule has 2 heteroatoms. The average molecular weight is 235 g/mol. The molecular weight excluding hydrogens is 210 g/mol. The number of nitrogens with two attached hydrogens (primary N) is 1. The Morgan fingerprint density at radius 3 is 2.06 bits per heavy atom. The number of aliphatic hydroxyl groups is 1. The summed E-state index contributed by atoms with van der Waals surface area (Å²) in [7, 11) is 0. The van der Waals surface area contributed by atoms with Gasteiger partial charge in [0.2, 0.25) is 0 Å². The molecule has 1 aromatic carbocycles. The van der Waals surface area contributed by atoms with Crippen LogP contribution >= 0.6 is 0 Å². The van der Waals surface area contributed by atoms with Crippen molar-refractivity contribution in [2.24, 2.45) is 5.73 Å². The van der Waals surface area contributed by atoms with Crippen LogP contribution in [0.25, 0.3) is 0 Å². The van der Waals surface area contributed by atoms with Crippen LogP contribution < -0.4 is 5.73 Å². The van der Waals surface area contributed by atoms with Crippen LogP contribution in [0, 0.1) is 0 Å². The Bertz CT molecular complexity index is 318. The highest BCUT2D eigenvalue weighted by atomic mass is 16.3. The maximum Gasteiger partial charge on any atom is 0.0437 e. The average Bonchev–Trinajstić information content (AvgIpc) is 2.35. The molecule has 3 N–H and O–H groups in total. The van der Waals surface area contributed by atoms with Crippen LogP contribution in [-0.4, -0.2) is 17.8 Å². The van der Waals surface area contributed by atoms with Gasteiger partial charge in [0.1, 0.15) is 0 Å². The number of hydrogen-bond acceptors (Lipinski definition) is 2. The summed E-state index contributed by atoms with van der Waals surface area (Å²) < 4.78 is 0. The van der Waals surface area contributed by atoms with Gasteiger partial charge in [-0.05, 0) is 29.9 Å². The van der Waals surface area contributed by atoms with Gasteiger partial charge in [-0.25, -0.2) is 0 Å². The lowest BCUT2D eigenvalue weighted by molar-refractivity contribution is 0.266. The lowest BCUT2D eigenvalue weighted by atomic mass is 9.87. The Kier molecular flexibility index (Phi) is 5.66. The molecule has 0 fully saturated rings. The van der Waals surface area contributed by atoms with Gasteiger partial charge in [0.15, 0.2) is 0 Å². The Hall–Kier alpha value is -0.860. The number of aliphatic hydroxyl groups excluding tert-OH is 1. The number of rotatable bonds is 6. The van der Waals surface area contributed by atoms with Crippen molar-refractivity contribution in [1.29, 1.82) is 0 Å². The van der Waals surface area contributed by atoms with E-state index in [9.17, 15) is 0 Å². The minimum atomic E-state index is 0.132. The van der Waals surface area contributed by atoms with E-state index in [0.29, 0.717) is 5.92 Å². The van der Waals surface area contributed by atoms with E-state index in [1.165, 1.54) is 11.1 Å². The van der Waals surface area contributed by atoms with Crippen LogP contribution in [0.3, 0.4) is 0 Å². The Morgan fingerprint density at radius 2 is 1.65 bits per heavy atom. The fourth-order valence-corrected chi connectivity index (χ4v) is 2.18. The summed E-state index contributed by atoms with van der Waals surface area (Å²) in [5, 5.41) is 9.13. The van der Waals surface area contributed by atoms with Crippen LogP contribution in [0.2, 0.25) is 0 Å². The summed E-state index contributed by atoms with van der Waals surface area (Å²) in [5.74, 6) is 0.825. The molecule has 0 saturated heterocycles. The number of hydrogen-bond donors (Lipinski definition) is 2. The van der Waals surface area contributed by atoms with Gasteiger partial charge in [-0.15, -0.1) is 0 Å². The highest BCUT2D eigenvalue weighted by Crippen LogP contribution is 2.25. The summed E-state index contributed by atoms with van der Waals surface area (Å²) in [5.41, 5.74) is 8.72. The predicted octanol–water partition coefficient (Wildman–Crippen LogP) is 3.01. The summed E-state index contributed by atoms with van der Waals surface area (Å²) in [6.45, 7) is 6.68. The monoisotopic (exact) mass is 235 g/mol. The molecule has 17 heavy (non-hydrogen) atoms. The van der Waals surface area contributed by atoms with Crippen molar-refractivity contribution in [1.82, 2.24) is 0 Å². The molecule has 0 radical (unpaired) electrons. The smallest absolute Gasteiger partial charge is 0.0437 e. The molecule has 2 nitrogen and oxygen atoms in total. The molecule has 0 spiro atoms. The van der Waals surface area contributed by atoms with Crippen LogP contribution in [0.1, 0.15) is 56.6 Å². The van der Waals surface area contributed by atoms with Gasteiger partial charge in [0.05, 0.1) is 0 Å². The minimum absolute atomic E-state index is 0.132. The van der Waals surface area contributed by atoms with E-state index >= 15 is 0 Å². The van der Waals surface area contributed by atoms with Gasteiger partial charge in [0, 0.05) is 18.6 Å². The lowest BCUT2D eigenvalue weighted by Gasteiger charge is -2.23. The third-order valence-electron chi connectivity index (χ3n) is 3.46. The largest absolute Gasteiger partial charge is 0.396 e. The van der Waals surface area contributed by atoms with Crippen molar-refractivity contribution < 1.29 is 5.11 Å². The van der Waals surface area contributed by atoms with Crippen molar-refractivity contribution in [2.75, 3.05) is 6.61 Å². The normalized spacial score (nSPS) is 14.9. The Labute approximate surface area is 105 Å². The van der Waals surface area contributed by atoms with Crippen LogP contribution in [-0.2, 0) is 0 Å². The maximum absolute atomic E-state index is 9.13. The molecule has 0 bridgehead atoms. The number of benzene rings is 1. The fraction of sp³-hybridized carbons (Fsp3) is 0.600. The van der Waals surface area contributed by atoms with Crippen LogP contribution in [0.4, 0.5) is 0 Å². The van der Waals surface area contributed by atoms with E-state index in [2.05, 4.69) is 45.0 Å². The van der Waals surface area contributed by atoms with Gasteiger partial charge >= 0.3 is 0 Å². The molecule has 2 unspecified atom stereocenters. The Morgan fingerprint density at radius 1 is 1.12 bits per heavy atom. The van der Waals surface area contributed by atoms with Gasteiger partial charge in [-0.2, -0.15) is 0 Å². The zero-order valence-electron chi connectivity index (χ0n) is 11.2. The molecule has 0 saturated carbocycles. The molecule has 1 aromatic rings. The summed E-state index contributed by atoms with van der Waals surface area (Å²) >= 11 is 0. The fourth-order valence-electron chi connectivity index (χ4n) is 2.18. The first-order valence-electron chi connectivity index (χ1n) is 6.56. The van der Waals surface area contributed by atoms with Crippen molar-refractivity contribution in [3.05, 3.63) is 35.4 Å². The van der Waals surface area contributed by atoms with Gasteiger partial charge in [-0.1, -0.05) is 45.0 Å². The molecule has 1 rings (SSSR count). The van der Waals surface area contributed by atoms with Gasteiger partial charge < -0.3 is 10.8 Å². The van der Waals surface area contributed by atoms with E-state index in [1.54, 1.807) is 0 Å². The predicted molar refractivity (Wildman–Crippen MR) is 73.2 cm³/mol. The zero-order valence-corrected chi connectivity index (χ0v) is 11.2. The first kappa shape index (κ1) is 14.2. The van der Waals surface area contributed by atoms with E-state index < -0.39 is 0 Å². The highest BCUT2D eigenvalue weighted by Gasteiger charge is 2.17. The lowest BCUT2D eigenvalue weighted by Crippen LogP contribution is -2.28. The quantitative estimate of drug-likeness (QED) is 0.796. The second-order valence-electron chi connectivity index (χ2n) is 5.01. The third-order valence-corrected chi connectivity index (χ3v) is 3.46. The van der Waals surface area contributed by atoms with Crippen LogP contribution in [0.15, 0.2) is 24.3 Å². The summed E-state index contributed by atoms with van der Waals surface area (Å²) in [6.07, 6.45) is 1.69. The van der Waals surface area contributed by atoms with Crippen LogP contribution in [0.5, 0.6) is 0 Å². The molecule has 0 amide bonds. The molecule has 96 valence electrons. The summed E-state index contributed by atoms with van der Waals surface area (Å²) in [4.78, 5) is 0. The van der Waals surface area contributed by atoms with E-state index in [1.807, 2.05) is 0 Å². The molecule has 2 atom stereocenters. The van der Waals surface area contributed by atoms with Crippen molar-refractivity contribution in [2.45, 2.75) is 51.5 Å². The van der Waals surface area contributed by atoms with Gasteiger partial charge in [0.25, 0.3) is 0 Å². The minimum Gasteiger partial charge on any atom is -0.396 e. The van der Waals surface area contributed by atoms with E-state index in [-0.39, 0.29) is 18.6 Å². The SMILES string of the molecule is CCC(N)C(CCO)c1ccc(C(C)C)cc1.